The van der Waals surface area contributed by atoms with Crippen LogP contribution in [0, 0.1) is 5.82 Å². The number of halogens is 1. The number of ether oxygens (including phenoxy) is 1. The zero-order chi connectivity index (χ0) is 24.1. The first-order valence-corrected chi connectivity index (χ1v) is 11.4. The van der Waals surface area contributed by atoms with Gasteiger partial charge in [0.2, 0.25) is 6.41 Å². The van der Waals surface area contributed by atoms with E-state index in [1.807, 2.05) is 31.2 Å². The summed E-state index contributed by atoms with van der Waals surface area (Å²) in [6.07, 6.45) is 6.83. The van der Waals surface area contributed by atoms with Crippen molar-refractivity contribution < 1.29 is 13.9 Å². The van der Waals surface area contributed by atoms with E-state index in [4.69, 9.17) is 4.74 Å². The molecule has 0 atom stereocenters. The minimum Gasteiger partial charge on any atom is -0.378 e. The topological polar surface area (TPSA) is 58.6 Å². The van der Waals surface area contributed by atoms with E-state index < -0.39 is 0 Å². The Morgan fingerprint density at radius 2 is 2.00 bits per heavy atom. The molecule has 1 fully saturated rings. The average Bonchev–Trinajstić information content (AvgIpc) is 2.88. The lowest BCUT2D eigenvalue weighted by Gasteiger charge is -2.29. The first-order valence-electron chi connectivity index (χ1n) is 11.4. The predicted molar refractivity (Wildman–Crippen MR) is 133 cm³/mol. The van der Waals surface area contributed by atoms with Crippen LogP contribution in [-0.4, -0.2) is 54.6 Å². The van der Waals surface area contributed by atoms with Crippen LogP contribution in [-0.2, 0) is 22.4 Å². The van der Waals surface area contributed by atoms with Crippen LogP contribution in [0.2, 0.25) is 0 Å². The maximum Gasteiger partial charge on any atom is 0.213 e. The summed E-state index contributed by atoms with van der Waals surface area (Å²) in [5, 5.41) is 0.792. The third-order valence-electron chi connectivity index (χ3n) is 6.21. The number of hydrogen-bond donors (Lipinski definition) is 0. The van der Waals surface area contributed by atoms with E-state index in [1.165, 1.54) is 11.2 Å². The molecular weight excluding hydrogens is 431 g/mol. The second-order valence-corrected chi connectivity index (χ2v) is 8.26. The Balaban J connectivity index is 1.78. The number of nitrogens with zero attached hydrogens (tertiary/aromatic N) is 4. The van der Waals surface area contributed by atoms with Crippen molar-refractivity contribution in [1.29, 1.82) is 0 Å². The maximum absolute atomic E-state index is 15.3. The summed E-state index contributed by atoms with van der Waals surface area (Å²) in [6.45, 7) is 8.80. The molecule has 0 N–H and O–H groups in total. The molecule has 4 rings (SSSR count). The number of aromatic nitrogens is 2. The molecule has 2 heterocycles. The van der Waals surface area contributed by atoms with E-state index in [0.29, 0.717) is 37.3 Å². The highest BCUT2D eigenvalue weighted by molar-refractivity contribution is 5.94. The van der Waals surface area contributed by atoms with Crippen LogP contribution in [0.25, 0.3) is 22.2 Å². The van der Waals surface area contributed by atoms with E-state index in [0.717, 1.165) is 52.9 Å². The fraction of sp³-hybridized carbons (Fsp3) is 0.296. The molecule has 2 aromatic carbocycles. The van der Waals surface area contributed by atoms with Crippen molar-refractivity contribution in [3.05, 3.63) is 78.0 Å². The number of morpholine rings is 1. The van der Waals surface area contributed by atoms with Gasteiger partial charge in [0.15, 0.2) is 0 Å². The second kappa shape index (κ2) is 10.6. The second-order valence-electron chi connectivity index (χ2n) is 8.26. The molecule has 0 bridgehead atoms. The van der Waals surface area contributed by atoms with Gasteiger partial charge in [-0.2, -0.15) is 0 Å². The van der Waals surface area contributed by atoms with E-state index in [9.17, 15) is 4.79 Å². The Morgan fingerprint density at radius 3 is 2.71 bits per heavy atom. The lowest BCUT2D eigenvalue weighted by Crippen LogP contribution is -2.36. The van der Waals surface area contributed by atoms with Crippen molar-refractivity contribution in [3.8, 4) is 11.3 Å². The highest BCUT2D eigenvalue weighted by atomic mass is 19.1. The highest BCUT2D eigenvalue weighted by Crippen LogP contribution is 2.32. The van der Waals surface area contributed by atoms with Crippen molar-refractivity contribution in [2.24, 2.45) is 0 Å². The largest absolute Gasteiger partial charge is 0.378 e. The summed E-state index contributed by atoms with van der Waals surface area (Å²) in [7, 11) is 1.70. The van der Waals surface area contributed by atoms with Gasteiger partial charge in [-0.25, -0.2) is 14.4 Å². The first-order chi connectivity index (χ1) is 16.5. The molecule has 6 nitrogen and oxygen atoms in total. The number of allylic oxidation sites excluding steroid dienone is 3. The number of carbonyl (C=O) groups excluding carboxylic acids is 1. The van der Waals surface area contributed by atoms with Crippen molar-refractivity contribution in [1.82, 2.24) is 14.9 Å². The fourth-order valence-electron chi connectivity index (χ4n) is 4.31. The molecule has 1 amide bonds. The Morgan fingerprint density at radius 1 is 1.21 bits per heavy atom. The van der Waals surface area contributed by atoms with Gasteiger partial charge in [0, 0.05) is 48.9 Å². The van der Waals surface area contributed by atoms with Gasteiger partial charge >= 0.3 is 0 Å². The molecule has 176 valence electrons. The predicted octanol–water partition coefficient (Wildman–Crippen LogP) is 4.54. The number of aryl methyl sites for hydroxylation is 1. The van der Waals surface area contributed by atoms with Crippen LogP contribution >= 0.6 is 0 Å². The normalized spacial score (nSPS) is 14.3. The number of carbonyl (C=O) groups is 1. The number of anilines is 1. The summed E-state index contributed by atoms with van der Waals surface area (Å²) in [5.41, 5.74) is 5.42. The molecule has 3 aromatic rings. The molecular formula is C27H29FN4O2. The zero-order valence-corrected chi connectivity index (χ0v) is 19.6. The number of rotatable bonds is 8. The molecule has 1 aliphatic rings. The number of benzene rings is 2. The smallest absolute Gasteiger partial charge is 0.213 e. The monoisotopic (exact) mass is 460 g/mol. The quantitative estimate of drug-likeness (QED) is 0.365. The lowest BCUT2D eigenvalue weighted by molar-refractivity contribution is -0.115. The standard InChI is InChI=1S/C27H29FN4O2/c1-4-6-21(31(3)18-33)13-20-14-24(25(28)15-19(20)5-2)27-23-8-7-22(16-26(23)29-17-30-27)32-9-11-34-12-10-32/h4,6-8,14-18H,1,5,9-13H2,2-3H3/b21-6-. The van der Waals surface area contributed by atoms with Crippen LogP contribution in [0.15, 0.2) is 61.1 Å². The number of likely N-dealkylation sites (N-methyl/N-ethyl adjacent to an activating group) is 1. The van der Waals surface area contributed by atoms with E-state index in [1.54, 1.807) is 25.3 Å². The molecule has 1 aromatic heterocycles. The lowest BCUT2D eigenvalue weighted by atomic mass is 9.95. The van der Waals surface area contributed by atoms with Crippen molar-refractivity contribution in [2.75, 3.05) is 38.3 Å². The summed E-state index contributed by atoms with van der Waals surface area (Å²) in [5.74, 6) is -0.323. The molecule has 7 heteroatoms. The van der Waals surface area contributed by atoms with Gasteiger partial charge in [-0.3, -0.25) is 4.79 Å². The third-order valence-corrected chi connectivity index (χ3v) is 6.21. The van der Waals surface area contributed by atoms with Gasteiger partial charge in [0.25, 0.3) is 0 Å². The molecule has 0 radical (unpaired) electrons. The summed E-state index contributed by atoms with van der Waals surface area (Å²) < 4.78 is 20.8. The van der Waals surface area contributed by atoms with E-state index in [2.05, 4.69) is 21.4 Å². The minimum absolute atomic E-state index is 0.323. The minimum atomic E-state index is -0.323. The Labute approximate surface area is 199 Å². The first kappa shape index (κ1) is 23.6. The van der Waals surface area contributed by atoms with Gasteiger partial charge in [-0.15, -0.1) is 0 Å². The average molecular weight is 461 g/mol. The van der Waals surface area contributed by atoms with E-state index in [-0.39, 0.29) is 5.82 Å². The van der Waals surface area contributed by atoms with Crippen LogP contribution in [0.3, 0.4) is 0 Å². The van der Waals surface area contributed by atoms with Crippen LogP contribution in [0.4, 0.5) is 10.1 Å². The van der Waals surface area contributed by atoms with Crippen LogP contribution in [0.5, 0.6) is 0 Å². The molecule has 34 heavy (non-hydrogen) atoms. The molecule has 0 spiro atoms. The molecule has 0 unspecified atom stereocenters. The molecule has 0 saturated carbocycles. The summed E-state index contributed by atoms with van der Waals surface area (Å²) >= 11 is 0. The van der Waals surface area contributed by atoms with Crippen molar-refractivity contribution in [2.45, 2.75) is 19.8 Å². The Kier molecular flexibility index (Phi) is 7.33. The zero-order valence-electron chi connectivity index (χ0n) is 19.6. The number of hydrogen-bond acceptors (Lipinski definition) is 5. The van der Waals surface area contributed by atoms with Gasteiger partial charge in [0.1, 0.15) is 12.1 Å². The molecule has 0 aliphatic carbocycles. The fourth-order valence-corrected chi connectivity index (χ4v) is 4.31. The summed E-state index contributed by atoms with van der Waals surface area (Å²) in [4.78, 5) is 24.1. The summed E-state index contributed by atoms with van der Waals surface area (Å²) in [6, 6.07) is 9.44. The van der Waals surface area contributed by atoms with Gasteiger partial charge in [-0.1, -0.05) is 19.6 Å². The number of fused-ring (bicyclic) bond motifs is 1. The Bertz CT molecular complexity index is 1230. The number of amides is 1. The van der Waals surface area contributed by atoms with Crippen LogP contribution < -0.4 is 4.90 Å². The third kappa shape index (κ3) is 4.84. The molecule has 1 aliphatic heterocycles. The van der Waals surface area contributed by atoms with E-state index >= 15 is 4.39 Å². The maximum atomic E-state index is 15.3. The van der Waals surface area contributed by atoms with Gasteiger partial charge < -0.3 is 14.5 Å². The van der Waals surface area contributed by atoms with Gasteiger partial charge in [0.05, 0.1) is 24.4 Å². The van der Waals surface area contributed by atoms with Crippen LogP contribution in [0.1, 0.15) is 18.1 Å². The Hall–Kier alpha value is -3.58. The van der Waals surface area contributed by atoms with Gasteiger partial charge in [-0.05, 0) is 54.0 Å². The van der Waals surface area contributed by atoms with Crippen molar-refractivity contribution >= 4 is 23.0 Å². The molecule has 1 saturated heterocycles. The SMILES string of the molecule is C=C/C=C(/Cc1cc(-c2ncnc3cc(N4CCOCC4)ccc23)c(F)cc1CC)N(C)C=O. The highest BCUT2D eigenvalue weighted by Gasteiger charge is 2.18. The van der Waals surface area contributed by atoms with Crippen molar-refractivity contribution in [3.63, 3.8) is 0 Å².